The monoisotopic (exact) mass is 326 g/mol. The zero-order chi connectivity index (χ0) is 16.2. The van der Waals surface area contributed by atoms with Gasteiger partial charge in [0.05, 0.1) is 17.6 Å². The molecule has 0 spiro atoms. The van der Waals surface area contributed by atoms with E-state index >= 15 is 0 Å². The number of rotatable bonds is 4. The Labute approximate surface area is 135 Å². The molecule has 2 aromatic carbocycles. The lowest BCUT2D eigenvalue weighted by Gasteiger charge is -2.07. The topological polar surface area (TPSA) is 80.2 Å². The maximum Gasteiger partial charge on any atom is 0.144 e. The summed E-state index contributed by atoms with van der Waals surface area (Å²) in [6.07, 6.45) is 4.74. The second-order valence-corrected chi connectivity index (χ2v) is 5.99. The first-order valence-electron chi connectivity index (χ1n) is 6.94. The van der Waals surface area contributed by atoms with Crippen LogP contribution in [0.1, 0.15) is 5.56 Å². The van der Waals surface area contributed by atoms with E-state index in [-0.39, 0.29) is 11.5 Å². The van der Waals surface area contributed by atoms with Crippen LogP contribution in [0.3, 0.4) is 0 Å². The standard InChI is InChI=1S/C17H14N2O3S/c20-17-9-14(5-6-15(17)16-10-18-7-8-19-16)13-3-1-12(2-4-13)11-23(21)22/h1-10,20,23H,11H2. The number of benzene rings is 2. The van der Waals surface area contributed by atoms with Crippen molar-refractivity contribution in [2.24, 2.45) is 0 Å². The summed E-state index contributed by atoms with van der Waals surface area (Å²) in [5, 5.41) is 10.2. The highest BCUT2D eigenvalue weighted by molar-refractivity contribution is 7.71. The molecule has 0 bridgehead atoms. The van der Waals surface area contributed by atoms with Gasteiger partial charge in [0.15, 0.2) is 0 Å². The van der Waals surface area contributed by atoms with Crippen LogP contribution >= 0.6 is 0 Å². The zero-order valence-corrected chi connectivity index (χ0v) is 13.0. The molecule has 1 heterocycles. The second-order valence-electron chi connectivity index (χ2n) is 5.01. The third-order valence-corrected chi connectivity index (χ3v) is 4.06. The molecule has 1 N–H and O–H groups in total. The van der Waals surface area contributed by atoms with Crippen molar-refractivity contribution in [3.63, 3.8) is 0 Å². The van der Waals surface area contributed by atoms with Gasteiger partial charge in [-0.25, -0.2) is 8.42 Å². The van der Waals surface area contributed by atoms with Gasteiger partial charge < -0.3 is 5.11 Å². The van der Waals surface area contributed by atoms with Crippen molar-refractivity contribution in [2.75, 3.05) is 0 Å². The molecule has 0 aliphatic heterocycles. The van der Waals surface area contributed by atoms with Gasteiger partial charge in [0, 0.05) is 18.0 Å². The molecule has 0 aliphatic rings. The van der Waals surface area contributed by atoms with Gasteiger partial charge in [-0.3, -0.25) is 9.97 Å². The Kier molecular flexibility index (Phi) is 4.34. The minimum atomic E-state index is -2.43. The first kappa shape index (κ1) is 15.2. The fraction of sp³-hybridized carbons (Fsp3) is 0.0588. The van der Waals surface area contributed by atoms with Crippen molar-refractivity contribution >= 4 is 10.7 Å². The third-order valence-electron chi connectivity index (χ3n) is 3.44. The van der Waals surface area contributed by atoms with Crippen molar-refractivity contribution in [2.45, 2.75) is 5.75 Å². The van der Waals surface area contributed by atoms with Crippen molar-refractivity contribution < 1.29 is 13.5 Å². The molecule has 0 saturated carbocycles. The van der Waals surface area contributed by atoms with Crippen LogP contribution in [-0.4, -0.2) is 23.5 Å². The van der Waals surface area contributed by atoms with Crippen LogP contribution in [0.2, 0.25) is 0 Å². The summed E-state index contributed by atoms with van der Waals surface area (Å²) in [4.78, 5) is 8.16. The average Bonchev–Trinajstić information content (AvgIpc) is 2.56. The van der Waals surface area contributed by atoms with Crippen molar-refractivity contribution in [1.29, 1.82) is 0 Å². The number of hydrogen-bond donors (Lipinski definition) is 2. The van der Waals surface area contributed by atoms with Crippen LogP contribution < -0.4 is 0 Å². The van der Waals surface area contributed by atoms with Gasteiger partial charge in [0.2, 0.25) is 0 Å². The number of aromatic hydroxyl groups is 1. The second kappa shape index (κ2) is 6.58. The normalized spacial score (nSPS) is 10.8. The van der Waals surface area contributed by atoms with Gasteiger partial charge >= 0.3 is 0 Å². The lowest BCUT2D eigenvalue weighted by molar-refractivity contribution is 0.477. The summed E-state index contributed by atoms with van der Waals surface area (Å²) in [6.45, 7) is 0. The number of nitrogens with zero attached hydrogens (tertiary/aromatic N) is 2. The molecule has 0 atom stereocenters. The number of hydrogen-bond acceptors (Lipinski definition) is 5. The van der Waals surface area contributed by atoms with Crippen LogP contribution in [-0.2, 0) is 16.5 Å². The van der Waals surface area contributed by atoms with Crippen LogP contribution in [0.15, 0.2) is 61.1 Å². The third kappa shape index (κ3) is 3.54. The smallest absolute Gasteiger partial charge is 0.144 e. The molecule has 3 rings (SSSR count). The predicted octanol–water partition coefficient (Wildman–Crippen LogP) is 2.63. The summed E-state index contributed by atoms with van der Waals surface area (Å²) < 4.78 is 21.5. The Morgan fingerprint density at radius 3 is 2.30 bits per heavy atom. The lowest BCUT2D eigenvalue weighted by atomic mass is 10.0. The Hall–Kier alpha value is -2.73. The van der Waals surface area contributed by atoms with Crippen LogP contribution in [0.4, 0.5) is 0 Å². The lowest BCUT2D eigenvalue weighted by Crippen LogP contribution is -1.88. The highest BCUT2D eigenvalue weighted by Crippen LogP contribution is 2.32. The first-order chi connectivity index (χ1) is 11.1. The zero-order valence-electron chi connectivity index (χ0n) is 12.1. The summed E-state index contributed by atoms with van der Waals surface area (Å²) in [5.74, 6) is 0.154. The maximum absolute atomic E-state index is 10.7. The van der Waals surface area contributed by atoms with Crippen LogP contribution in [0.25, 0.3) is 22.4 Å². The highest BCUT2D eigenvalue weighted by Gasteiger charge is 2.08. The van der Waals surface area contributed by atoms with E-state index in [1.807, 2.05) is 18.2 Å². The molecule has 0 radical (unpaired) electrons. The molecule has 0 unspecified atom stereocenters. The molecule has 5 nitrogen and oxygen atoms in total. The summed E-state index contributed by atoms with van der Waals surface area (Å²) in [5.41, 5.74) is 3.70. The van der Waals surface area contributed by atoms with E-state index in [0.717, 1.165) is 16.7 Å². The fourth-order valence-corrected chi connectivity index (χ4v) is 2.83. The first-order valence-corrected chi connectivity index (χ1v) is 8.30. The molecule has 6 heteroatoms. The summed E-state index contributed by atoms with van der Waals surface area (Å²) in [7, 11) is -2.43. The molecule has 3 aromatic rings. The van der Waals surface area contributed by atoms with E-state index in [0.29, 0.717) is 11.3 Å². The largest absolute Gasteiger partial charge is 0.507 e. The van der Waals surface area contributed by atoms with Gasteiger partial charge in [-0.1, -0.05) is 30.3 Å². The molecule has 0 fully saturated rings. The number of aromatic nitrogens is 2. The summed E-state index contributed by atoms with van der Waals surface area (Å²) in [6, 6.07) is 12.6. The van der Waals surface area contributed by atoms with E-state index in [9.17, 15) is 13.5 Å². The Morgan fingerprint density at radius 2 is 1.70 bits per heavy atom. The average molecular weight is 326 g/mol. The molecule has 0 amide bonds. The van der Waals surface area contributed by atoms with Gasteiger partial charge in [0.25, 0.3) is 0 Å². The van der Waals surface area contributed by atoms with E-state index < -0.39 is 10.7 Å². The minimum absolute atomic E-state index is 0.0342. The molecular formula is C17H14N2O3S. The van der Waals surface area contributed by atoms with Crippen molar-refractivity contribution in [3.05, 3.63) is 66.6 Å². The number of thiol groups is 1. The number of phenolic OH excluding ortho intramolecular Hbond substituents is 1. The SMILES string of the molecule is O=[SH](=O)Cc1ccc(-c2ccc(-c3cnccn3)c(O)c2)cc1. The quantitative estimate of drug-likeness (QED) is 0.721. The molecule has 116 valence electrons. The van der Waals surface area contributed by atoms with Crippen LogP contribution in [0, 0.1) is 0 Å². The van der Waals surface area contributed by atoms with E-state index in [2.05, 4.69) is 9.97 Å². The van der Waals surface area contributed by atoms with E-state index in [4.69, 9.17) is 0 Å². The van der Waals surface area contributed by atoms with Crippen molar-refractivity contribution in [3.8, 4) is 28.1 Å². The molecule has 0 aliphatic carbocycles. The van der Waals surface area contributed by atoms with Gasteiger partial charge in [0.1, 0.15) is 16.5 Å². The maximum atomic E-state index is 10.7. The fourth-order valence-electron chi connectivity index (χ4n) is 2.32. The van der Waals surface area contributed by atoms with Gasteiger partial charge in [-0.15, -0.1) is 0 Å². The number of phenols is 1. The van der Waals surface area contributed by atoms with Crippen LogP contribution in [0.5, 0.6) is 5.75 Å². The van der Waals surface area contributed by atoms with Gasteiger partial charge in [-0.05, 0) is 28.8 Å². The minimum Gasteiger partial charge on any atom is -0.507 e. The summed E-state index contributed by atoms with van der Waals surface area (Å²) >= 11 is 0. The highest BCUT2D eigenvalue weighted by atomic mass is 32.2. The predicted molar refractivity (Wildman–Crippen MR) is 88.6 cm³/mol. The Bertz CT molecular complexity index is 883. The van der Waals surface area contributed by atoms with Gasteiger partial charge in [-0.2, -0.15) is 0 Å². The van der Waals surface area contributed by atoms with E-state index in [1.165, 1.54) is 0 Å². The van der Waals surface area contributed by atoms with Crippen molar-refractivity contribution in [1.82, 2.24) is 9.97 Å². The van der Waals surface area contributed by atoms with E-state index in [1.54, 1.807) is 42.9 Å². The molecule has 1 aromatic heterocycles. The Morgan fingerprint density at radius 1 is 0.957 bits per heavy atom. The molecule has 0 saturated heterocycles. The molecular weight excluding hydrogens is 312 g/mol. The molecule has 23 heavy (non-hydrogen) atoms. The Balaban J connectivity index is 1.91.